The van der Waals surface area contributed by atoms with Crippen molar-refractivity contribution in [1.29, 1.82) is 0 Å². The Hall–Kier alpha value is -2.49. The van der Waals surface area contributed by atoms with Crippen LogP contribution in [0, 0.1) is 5.92 Å². The smallest absolute Gasteiger partial charge is 0.273 e. The molecule has 2 amide bonds. The maximum atomic E-state index is 12.4. The summed E-state index contributed by atoms with van der Waals surface area (Å²) >= 11 is 0. The summed E-state index contributed by atoms with van der Waals surface area (Å²) in [7, 11) is 5.51. The highest BCUT2D eigenvalue weighted by Crippen LogP contribution is 2.16. The number of nitrogens with zero attached hydrogens (tertiary/aromatic N) is 5. The zero-order chi connectivity index (χ0) is 19.3. The number of likely N-dealkylation sites (N-methyl/N-ethyl adjacent to an activating group) is 1. The fourth-order valence-corrected chi connectivity index (χ4v) is 2.99. The van der Waals surface area contributed by atoms with E-state index in [-0.39, 0.29) is 29.4 Å². The van der Waals surface area contributed by atoms with Crippen molar-refractivity contribution in [1.82, 2.24) is 25.4 Å². The van der Waals surface area contributed by atoms with Crippen LogP contribution in [0.4, 0.5) is 11.8 Å². The van der Waals surface area contributed by atoms with E-state index < -0.39 is 5.91 Å². The second-order valence-corrected chi connectivity index (χ2v) is 6.79. The van der Waals surface area contributed by atoms with E-state index in [2.05, 4.69) is 37.8 Å². The lowest BCUT2D eigenvalue weighted by molar-refractivity contribution is -0.126. The largest absolute Gasteiger partial charge is 0.371 e. The number of carbonyl (C=O) groups excluding carboxylic acids is 2. The summed E-state index contributed by atoms with van der Waals surface area (Å²) in [6, 6.07) is -0.0791. The van der Waals surface area contributed by atoms with Gasteiger partial charge in [0.1, 0.15) is 0 Å². The molecular weight excluding hydrogens is 336 g/mol. The molecule has 26 heavy (non-hydrogen) atoms. The molecule has 0 spiro atoms. The lowest BCUT2D eigenvalue weighted by atomic mass is 9.96. The van der Waals surface area contributed by atoms with Crippen LogP contribution in [0.3, 0.4) is 0 Å². The number of piperidine rings is 1. The van der Waals surface area contributed by atoms with E-state index in [9.17, 15) is 9.59 Å². The Morgan fingerprint density at radius 1 is 1.35 bits per heavy atom. The Balaban J connectivity index is 1.93. The normalized spacial score (nSPS) is 16.8. The number of carbonyl (C=O) groups is 2. The molecule has 1 unspecified atom stereocenters. The number of nitrogens with two attached hydrogens (primary N) is 1. The number of amides is 2. The molecule has 1 aliphatic rings. The minimum atomic E-state index is -0.692. The molecule has 0 bridgehead atoms. The molecule has 0 radical (unpaired) electrons. The first-order valence-electron chi connectivity index (χ1n) is 8.74. The quantitative estimate of drug-likeness (QED) is 0.579. The van der Waals surface area contributed by atoms with E-state index in [0.717, 1.165) is 25.9 Å². The van der Waals surface area contributed by atoms with E-state index in [1.165, 1.54) is 0 Å². The zero-order valence-electron chi connectivity index (χ0n) is 15.8. The monoisotopic (exact) mass is 364 g/mol. The van der Waals surface area contributed by atoms with Crippen molar-refractivity contribution in [3.05, 3.63) is 5.69 Å². The lowest BCUT2D eigenvalue weighted by Gasteiger charge is -2.29. The average molecular weight is 364 g/mol. The summed E-state index contributed by atoms with van der Waals surface area (Å²) in [4.78, 5) is 32.0. The highest BCUT2D eigenvalue weighted by atomic mass is 16.2. The molecule has 10 heteroatoms. The molecular formula is C16H28N8O2. The van der Waals surface area contributed by atoms with E-state index in [1.54, 1.807) is 19.0 Å². The van der Waals surface area contributed by atoms with Gasteiger partial charge >= 0.3 is 0 Å². The fraction of sp³-hybridized carbons (Fsp3) is 0.688. The lowest BCUT2D eigenvalue weighted by Crippen LogP contribution is -2.46. The standard InChI is InChI=1S/C16H28N8O2/c1-10(19-15(26)11-5-7-23(3)8-6-11)9-24(4)16-20-14(18-2)12(13(17)25)21-22-16/h10-11H,5-9H2,1-4H3,(H2,17,25)(H,19,26)(H,18,20,22). The van der Waals surface area contributed by atoms with Gasteiger partial charge in [-0.1, -0.05) is 0 Å². The molecule has 1 saturated heterocycles. The number of hydrogen-bond donors (Lipinski definition) is 3. The van der Waals surface area contributed by atoms with Crippen LogP contribution in [0.5, 0.6) is 0 Å². The topological polar surface area (TPSA) is 129 Å². The maximum Gasteiger partial charge on any atom is 0.273 e. The number of rotatable bonds is 7. The number of aromatic nitrogens is 3. The average Bonchev–Trinajstić information content (AvgIpc) is 2.61. The molecule has 0 saturated carbocycles. The van der Waals surface area contributed by atoms with Gasteiger partial charge in [0.15, 0.2) is 11.5 Å². The van der Waals surface area contributed by atoms with Crippen molar-refractivity contribution in [2.24, 2.45) is 11.7 Å². The summed E-state index contributed by atoms with van der Waals surface area (Å²) in [5, 5.41) is 13.6. The third-order valence-electron chi connectivity index (χ3n) is 4.51. The zero-order valence-corrected chi connectivity index (χ0v) is 15.8. The van der Waals surface area contributed by atoms with Crippen molar-refractivity contribution in [2.75, 3.05) is 51.0 Å². The Bertz CT molecular complexity index is 645. The number of likely N-dealkylation sites (tertiary alicyclic amines) is 1. The first-order chi connectivity index (χ1) is 12.3. The minimum absolute atomic E-state index is 0.00623. The van der Waals surface area contributed by atoms with Crippen LogP contribution < -0.4 is 21.3 Å². The SMILES string of the molecule is CNc1nc(N(C)CC(C)NC(=O)C2CCN(C)CC2)nnc1C(N)=O. The first kappa shape index (κ1) is 19.8. The predicted molar refractivity (Wildman–Crippen MR) is 99.0 cm³/mol. The second-order valence-electron chi connectivity index (χ2n) is 6.79. The van der Waals surface area contributed by atoms with E-state index >= 15 is 0 Å². The van der Waals surface area contributed by atoms with Gasteiger partial charge in [0, 0.05) is 32.6 Å². The molecule has 10 nitrogen and oxygen atoms in total. The summed E-state index contributed by atoms with van der Waals surface area (Å²) < 4.78 is 0. The van der Waals surface area contributed by atoms with Gasteiger partial charge in [-0.2, -0.15) is 4.98 Å². The number of anilines is 2. The van der Waals surface area contributed by atoms with Crippen LogP contribution in [-0.4, -0.2) is 78.7 Å². The summed E-state index contributed by atoms with van der Waals surface area (Å²) in [5.41, 5.74) is 5.24. The molecule has 1 aliphatic heterocycles. The van der Waals surface area contributed by atoms with E-state index in [1.807, 2.05) is 6.92 Å². The maximum absolute atomic E-state index is 12.4. The van der Waals surface area contributed by atoms with Crippen molar-refractivity contribution in [2.45, 2.75) is 25.8 Å². The van der Waals surface area contributed by atoms with Crippen molar-refractivity contribution >= 4 is 23.6 Å². The number of hydrogen-bond acceptors (Lipinski definition) is 8. The third kappa shape index (κ3) is 5.01. The van der Waals surface area contributed by atoms with Gasteiger partial charge in [0.2, 0.25) is 11.9 Å². The van der Waals surface area contributed by atoms with Crippen LogP contribution >= 0.6 is 0 Å². The number of nitrogens with one attached hydrogen (secondary N) is 2. The van der Waals surface area contributed by atoms with Crippen molar-refractivity contribution in [3.63, 3.8) is 0 Å². The molecule has 1 aromatic rings. The van der Waals surface area contributed by atoms with Crippen LogP contribution in [0.15, 0.2) is 0 Å². The third-order valence-corrected chi connectivity index (χ3v) is 4.51. The Morgan fingerprint density at radius 3 is 2.58 bits per heavy atom. The highest BCUT2D eigenvalue weighted by Gasteiger charge is 2.25. The van der Waals surface area contributed by atoms with Crippen molar-refractivity contribution < 1.29 is 9.59 Å². The number of primary amides is 1. The Morgan fingerprint density at radius 2 is 2.00 bits per heavy atom. The predicted octanol–water partition coefficient (Wildman–Crippen LogP) is -0.705. The van der Waals surface area contributed by atoms with Gasteiger partial charge in [0.05, 0.1) is 0 Å². The fourth-order valence-electron chi connectivity index (χ4n) is 2.99. The van der Waals surface area contributed by atoms with Gasteiger partial charge in [-0.25, -0.2) is 0 Å². The molecule has 1 aromatic heterocycles. The molecule has 0 aliphatic carbocycles. The highest BCUT2D eigenvalue weighted by molar-refractivity contribution is 5.95. The molecule has 0 aromatic carbocycles. The van der Waals surface area contributed by atoms with Gasteiger partial charge in [-0.3, -0.25) is 9.59 Å². The molecule has 2 rings (SSSR count). The Labute approximate surface area is 153 Å². The van der Waals surface area contributed by atoms with Gasteiger partial charge in [-0.15, -0.1) is 10.2 Å². The summed E-state index contributed by atoms with van der Waals surface area (Å²) in [5.74, 6) is 0.0973. The van der Waals surface area contributed by atoms with Crippen LogP contribution in [0.25, 0.3) is 0 Å². The van der Waals surface area contributed by atoms with Crippen LogP contribution in [0.1, 0.15) is 30.3 Å². The minimum Gasteiger partial charge on any atom is -0.371 e. The van der Waals surface area contributed by atoms with E-state index in [0.29, 0.717) is 12.5 Å². The summed E-state index contributed by atoms with van der Waals surface area (Å²) in [6.45, 7) is 4.35. The first-order valence-corrected chi connectivity index (χ1v) is 8.74. The van der Waals surface area contributed by atoms with Crippen LogP contribution in [-0.2, 0) is 4.79 Å². The molecule has 1 fully saturated rings. The van der Waals surface area contributed by atoms with Crippen LogP contribution in [0.2, 0.25) is 0 Å². The van der Waals surface area contributed by atoms with Gasteiger partial charge < -0.3 is 26.2 Å². The summed E-state index contributed by atoms with van der Waals surface area (Å²) in [6.07, 6.45) is 1.77. The van der Waals surface area contributed by atoms with Gasteiger partial charge in [0.25, 0.3) is 5.91 Å². The Kier molecular flexibility index (Phi) is 6.67. The molecule has 2 heterocycles. The molecule has 4 N–H and O–H groups in total. The molecule has 1 atom stereocenters. The van der Waals surface area contributed by atoms with Crippen molar-refractivity contribution in [3.8, 4) is 0 Å². The van der Waals surface area contributed by atoms with E-state index in [4.69, 9.17) is 5.73 Å². The molecule has 144 valence electrons. The second kappa shape index (κ2) is 8.75. The van der Waals surface area contributed by atoms with Gasteiger partial charge in [-0.05, 0) is 39.9 Å².